The van der Waals surface area contributed by atoms with Crippen LogP contribution in [0.4, 0.5) is 0 Å². The third-order valence-electron chi connectivity index (χ3n) is 4.24. The van der Waals surface area contributed by atoms with Crippen molar-refractivity contribution < 1.29 is 4.74 Å². The molecule has 0 bridgehead atoms. The number of nitrogens with zero attached hydrogens (tertiary/aromatic N) is 2. The van der Waals surface area contributed by atoms with E-state index in [2.05, 4.69) is 29.9 Å². The third kappa shape index (κ3) is 6.04. The maximum atomic E-state index is 6.04. The predicted octanol–water partition coefficient (Wildman–Crippen LogP) is 4.07. The summed E-state index contributed by atoms with van der Waals surface area (Å²) in [6.07, 6.45) is 14.5. The van der Waals surface area contributed by atoms with Crippen molar-refractivity contribution in [1.29, 1.82) is 0 Å². The van der Waals surface area contributed by atoms with Crippen LogP contribution in [0.5, 0.6) is 5.75 Å². The summed E-state index contributed by atoms with van der Waals surface area (Å²) in [4.78, 5) is 6.65. The Morgan fingerprint density at radius 2 is 2.00 bits per heavy atom. The van der Waals surface area contributed by atoms with Crippen LogP contribution in [-0.4, -0.2) is 36.1 Å². The van der Waals surface area contributed by atoms with E-state index < -0.39 is 0 Å². The van der Waals surface area contributed by atoms with Gasteiger partial charge in [0.1, 0.15) is 11.9 Å². The molecule has 0 aliphatic carbocycles. The van der Waals surface area contributed by atoms with Crippen molar-refractivity contribution in [2.45, 2.75) is 64.4 Å². The molecular formula is C18H30N2O. The highest BCUT2D eigenvalue weighted by Crippen LogP contribution is 2.19. The van der Waals surface area contributed by atoms with Gasteiger partial charge in [0.2, 0.25) is 0 Å². The molecule has 1 aromatic rings. The molecule has 1 unspecified atom stereocenters. The van der Waals surface area contributed by atoms with Crippen LogP contribution >= 0.6 is 0 Å². The molecule has 2 rings (SSSR count). The summed E-state index contributed by atoms with van der Waals surface area (Å²) in [6, 6.07) is 2.18. The van der Waals surface area contributed by atoms with Gasteiger partial charge in [-0.15, -0.1) is 0 Å². The van der Waals surface area contributed by atoms with Crippen molar-refractivity contribution in [2.75, 3.05) is 20.1 Å². The molecule has 0 radical (unpaired) electrons. The molecule has 0 spiro atoms. The molecule has 1 aromatic heterocycles. The molecule has 0 amide bonds. The van der Waals surface area contributed by atoms with Crippen molar-refractivity contribution in [3.05, 3.63) is 24.0 Å². The number of hydrogen-bond acceptors (Lipinski definition) is 3. The second-order valence-electron chi connectivity index (χ2n) is 6.34. The number of rotatable bonds is 9. The number of ether oxygens (including phenoxy) is 1. The standard InChI is InChI=1S/C18H30N2O/c1-3-4-5-6-7-8-9-16-12-18(14-19-13-16)21-17-10-11-20(2)15-17/h12-14,17H,3-11,15H2,1-2H3. The smallest absolute Gasteiger partial charge is 0.138 e. The van der Waals surface area contributed by atoms with Gasteiger partial charge >= 0.3 is 0 Å². The van der Waals surface area contributed by atoms with E-state index in [1.165, 1.54) is 44.1 Å². The van der Waals surface area contributed by atoms with Crippen LogP contribution in [-0.2, 0) is 6.42 Å². The van der Waals surface area contributed by atoms with Crippen LogP contribution in [0.3, 0.4) is 0 Å². The Labute approximate surface area is 129 Å². The van der Waals surface area contributed by atoms with Crippen LogP contribution in [0.2, 0.25) is 0 Å². The quantitative estimate of drug-likeness (QED) is 0.641. The molecule has 0 aromatic carbocycles. The predicted molar refractivity (Wildman–Crippen MR) is 87.8 cm³/mol. The van der Waals surface area contributed by atoms with E-state index in [4.69, 9.17) is 4.74 Å². The molecule has 2 heterocycles. The van der Waals surface area contributed by atoms with Crippen molar-refractivity contribution in [3.63, 3.8) is 0 Å². The second kappa shape index (κ2) is 9.04. The largest absolute Gasteiger partial charge is 0.487 e. The molecule has 3 heteroatoms. The Morgan fingerprint density at radius 3 is 2.76 bits per heavy atom. The van der Waals surface area contributed by atoms with Crippen LogP contribution in [0.15, 0.2) is 18.5 Å². The first-order chi connectivity index (χ1) is 10.3. The average Bonchev–Trinajstić information content (AvgIpc) is 2.88. The van der Waals surface area contributed by atoms with E-state index in [1.807, 2.05) is 12.4 Å². The molecule has 1 aliphatic heterocycles. The Morgan fingerprint density at radius 1 is 1.19 bits per heavy atom. The molecule has 1 fully saturated rings. The lowest BCUT2D eigenvalue weighted by Gasteiger charge is -2.14. The number of unbranched alkanes of at least 4 members (excludes halogenated alkanes) is 5. The number of likely N-dealkylation sites (tertiary alicyclic amines) is 1. The molecular weight excluding hydrogens is 260 g/mol. The Hall–Kier alpha value is -1.09. The normalized spacial score (nSPS) is 19.0. The van der Waals surface area contributed by atoms with E-state index in [1.54, 1.807) is 0 Å². The van der Waals surface area contributed by atoms with Gasteiger partial charge in [0.25, 0.3) is 0 Å². The first-order valence-corrected chi connectivity index (χ1v) is 8.57. The lowest BCUT2D eigenvalue weighted by Crippen LogP contribution is -2.21. The van der Waals surface area contributed by atoms with Crippen molar-refractivity contribution in [2.24, 2.45) is 0 Å². The molecule has 1 saturated heterocycles. The highest BCUT2D eigenvalue weighted by Gasteiger charge is 2.20. The summed E-state index contributed by atoms with van der Waals surface area (Å²) in [5.41, 5.74) is 1.31. The topological polar surface area (TPSA) is 25.4 Å². The minimum atomic E-state index is 0.334. The maximum Gasteiger partial charge on any atom is 0.138 e. The van der Waals surface area contributed by atoms with Gasteiger partial charge in [-0.3, -0.25) is 4.98 Å². The molecule has 1 aliphatic rings. The fourth-order valence-corrected chi connectivity index (χ4v) is 2.96. The number of hydrogen-bond donors (Lipinski definition) is 0. The maximum absolute atomic E-state index is 6.04. The zero-order valence-corrected chi connectivity index (χ0v) is 13.7. The molecule has 3 nitrogen and oxygen atoms in total. The van der Waals surface area contributed by atoms with Crippen molar-refractivity contribution >= 4 is 0 Å². The molecule has 0 saturated carbocycles. The molecule has 21 heavy (non-hydrogen) atoms. The fourth-order valence-electron chi connectivity index (χ4n) is 2.96. The number of aromatic nitrogens is 1. The summed E-state index contributed by atoms with van der Waals surface area (Å²) in [7, 11) is 2.15. The zero-order valence-electron chi connectivity index (χ0n) is 13.7. The van der Waals surface area contributed by atoms with Crippen molar-refractivity contribution in [3.8, 4) is 5.75 Å². The number of aryl methyl sites for hydroxylation is 1. The van der Waals surface area contributed by atoms with E-state index in [0.29, 0.717) is 6.10 Å². The monoisotopic (exact) mass is 290 g/mol. The van der Waals surface area contributed by atoms with E-state index in [-0.39, 0.29) is 0 Å². The van der Waals surface area contributed by atoms with Gasteiger partial charge in [0, 0.05) is 19.3 Å². The lowest BCUT2D eigenvalue weighted by atomic mass is 10.1. The van der Waals surface area contributed by atoms with E-state index in [9.17, 15) is 0 Å². The minimum absolute atomic E-state index is 0.334. The number of likely N-dealkylation sites (N-methyl/N-ethyl adjacent to an activating group) is 1. The summed E-state index contributed by atoms with van der Waals surface area (Å²) >= 11 is 0. The van der Waals surface area contributed by atoms with Gasteiger partial charge in [-0.25, -0.2) is 0 Å². The van der Waals surface area contributed by atoms with Crippen LogP contribution < -0.4 is 4.74 Å². The zero-order chi connectivity index (χ0) is 14.9. The van der Waals surface area contributed by atoms with E-state index in [0.717, 1.165) is 31.7 Å². The minimum Gasteiger partial charge on any atom is -0.487 e. The van der Waals surface area contributed by atoms with Gasteiger partial charge < -0.3 is 9.64 Å². The molecule has 118 valence electrons. The summed E-state index contributed by atoms with van der Waals surface area (Å²) in [5.74, 6) is 0.943. The third-order valence-corrected chi connectivity index (χ3v) is 4.24. The molecule has 1 atom stereocenters. The van der Waals surface area contributed by atoms with Gasteiger partial charge in [-0.05, 0) is 37.9 Å². The Bertz CT molecular complexity index is 408. The van der Waals surface area contributed by atoms with Crippen molar-refractivity contribution in [1.82, 2.24) is 9.88 Å². The first kappa shape index (κ1) is 16.3. The van der Waals surface area contributed by atoms with Gasteiger partial charge in [0.05, 0.1) is 6.20 Å². The van der Waals surface area contributed by atoms with Gasteiger partial charge in [-0.1, -0.05) is 39.0 Å². The fraction of sp³-hybridized carbons (Fsp3) is 0.722. The highest BCUT2D eigenvalue weighted by atomic mass is 16.5. The average molecular weight is 290 g/mol. The first-order valence-electron chi connectivity index (χ1n) is 8.57. The van der Waals surface area contributed by atoms with Crippen LogP contribution in [0, 0.1) is 0 Å². The lowest BCUT2D eigenvalue weighted by molar-refractivity contribution is 0.207. The summed E-state index contributed by atoms with van der Waals surface area (Å²) < 4.78 is 6.04. The summed E-state index contributed by atoms with van der Waals surface area (Å²) in [5, 5.41) is 0. The van der Waals surface area contributed by atoms with Gasteiger partial charge in [-0.2, -0.15) is 0 Å². The Balaban J connectivity index is 1.70. The van der Waals surface area contributed by atoms with Crippen LogP contribution in [0.25, 0.3) is 0 Å². The van der Waals surface area contributed by atoms with Crippen LogP contribution in [0.1, 0.15) is 57.4 Å². The highest BCUT2D eigenvalue weighted by molar-refractivity contribution is 5.24. The SMILES string of the molecule is CCCCCCCCc1cncc(OC2CCN(C)C2)c1. The van der Waals surface area contributed by atoms with E-state index >= 15 is 0 Å². The second-order valence-corrected chi connectivity index (χ2v) is 6.34. The summed E-state index contributed by atoms with van der Waals surface area (Å²) in [6.45, 7) is 4.43. The van der Waals surface area contributed by atoms with Gasteiger partial charge in [0.15, 0.2) is 0 Å². The Kier molecular flexibility index (Phi) is 7.01. The number of pyridine rings is 1. The molecule has 0 N–H and O–H groups in total.